The Morgan fingerprint density at radius 3 is 2.00 bits per heavy atom. The van der Waals surface area contributed by atoms with E-state index in [0.717, 1.165) is 6.42 Å². The number of rotatable bonds is 9. The van der Waals surface area contributed by atoms with Crippen LogP contribution in [0, 0.1) is 5.41 Å². The van der Waals surface area contributed by atoms with Gasteiger partial charge >= 0.3 is 0 Å². The minimum absolute atomic E-state index is 0.0107. The molecule has 0 aliphatic rings. The first kappa shape index (κ1) is 20.8. The molecule has 0 heterocycles. The smallest absolute Gasteiger partial charge is 0.248 e. The Labute approximate surface area is 133 Å². The van der Waals surface area contributed by atoms with Gasteiger partial charge in [-0.15, -0.1) is 0 Å². The zero-order chi connectivity index (χ0) is 16.9. The first-order valence-corrected chi connectivity index (χ1v) is 14.7. The van der Waals surface area contributed by atoms with Gasteiger partial charge in [-0.2, -0.15) is 0 Å². The van der Waals surface area contributed by atoms with Crippen LogP contribution < -0.4 is 5.32 Å². The summed E-state index contributed by atoms with van der Waals surface area (Å²) in [6.45, 7) is 20.2. The molecule has 0 radical (unpaired) electrons. The second-order valence-electron chi connectivity index (χ2n) is 8.29. The molecule has 0 saturated carbocycles. The standard InChI is InChI=1S/C15H35NO3Si2/c1-10-11-16-14(17)13(19-21(7,8)9)15(2,3)12-18-20(4,5)6/h13H,10-12H2,1-9H3,(H,16,17). The molecule has 0 saturated heterocycles. The topological polar surface area (TPSA) is 47.6 Å². The van der Waals surface area contributed by atoms with Gasteiger partial charge in [0.05, 0.1) is 0 Å². The van der Waals surface area contributed by atoms with Crippen molar-refractivity contribution in [1.82, 2.24) is 5.32 Å². The molecule has 6 heteroatoms. The van der Waals surface area contributed by atoms with Gasteiger partial charge in [0.2, 0.25) is 5.91 Å². The van der Waals surface area contributed by atoms with Gasteiger partial charge in [0.1, 0.15) is 6.10 Å². The molecule has 0 aliphatic heterocycles. The molecule has 0 aromatic carbocycles. The van der Waals surface area contributed by atoms with Gasteiger partial charge in [-0.05, 0) is 45.7 Å². The fourth-order valence-corrected chi connectivity index (χ4v) is 3.68. The van der Waals surface area contributed by atoms with Crippen molar-refractivity contribution in [1.29, 1.82) is 0 Å². The minimum Gasteiger partial charge on any atom is -0.417 e. The van der Waals surface area contributed by atoms with Crippen LogP contribution in [-0.2, 0) is 13.6 Å². The fraction of sp³-hybridized carbons (Fsp3) is 0.933. The maximum atomic E-state index is 12.5. The molecular weight excluding hydrogens is 298 g/mol. The van der Waals surface area contributed by atoms with Crippen molar-refractivity contribution in [2.45, 2.75) is 72.6 Å². The minimum atomic E-state index is -1.81. The first-order valence-electron chi connectivity index (χ1n) is 7.88. The third kappa shape index (κ3) is 9.44. The lowest BCUT2D eigenvalue weighted by Gasteiger charge is -2.38. The van der Waals surface area contributed by atoms with Crippen molar-refractivity contribution < 1.29 is 13.6 Å². The SMILES string of the molecule is CCCNC(=O)C(O[Si](C)(C)C)C(C)(C)CO[Si](C)(C)C. The molecule has 1 N–H and O–H groups in total. The van der Waals surface area contributed by atoms with Crippen LogP contribution in [-0.4, -0.2) is 41.8 Å². The second-order valence-corrected chi connectivity index (χ2v) is 17.3. The summed E-state index contributed by atoms with van der Waals surface area (Å²) in [5.41, 5.74) is -0.335. The largest absolute Gasteiger partial charge is 0.417 e. The Balaban J connectivity index is 5.03. The van der Waals surface area contributed by atoms with Crippen LogP contribution in [0.5, 0.6) is 0 Å². The van der Waals surface area contributed by atoms with Gasteiger partial charge in [0, 0.05) is 18.6 Å². The van der Waals surface area contributed by atoms with E-state index in [1.807, 2.05) is 6.92 Å². The van der Waals surface area contributed by atoms with E-state index in [-0.39, 0.29) is 11.3 Å². The van der Waals surface area contributed by atoms with Crippen LogP contribution in [0.2, 0.25) is 39.3 Å². The average molecular weight is 334 g/mol. The molecule has 21 heavy (non-hydrogen) atoms. The summed E-state index contributed by atoms with van der Waals surface area (Å²) < 4.78 is 12.2. The summed E-state index contributed by atoms with van der Waals surface area (Å²) in [6.07, 6.45) is 0.476. The van der Waals surface area contributed by atoms with Crippen LogP contribution in [0.3, 0.4) is 0 Å². The maximum absolute atomic E-state index is 12.5. The third-order valence-corrected chi connectivity index (χ3v) is 4.80. The summed E-state index contributed by atoms with van der Waals surface area (Å²) in [4.78, 5) is 12.5. The van der Waals surface area contributed by atoms with E-state index in [0.29, 0.717) is 13.2 Å². The molecule has 1 amide bonds. The molecule has 0 aromatic rings. The van der Waals surface area contributed by atoms with Gasteiger partial charge in [0.25, 0.3) is 0 Å². The highest BCUT2D eigenvalue weighted by Gasteiger charge is 2.40. The maximum Gasteiger partial charge on any atom is 0.248 e. The number of hydrogen-bond donors (Lipinski definition) is 1. The zero-order valence-electron chi connectivity index (χ0n) is 15.4. The number of amides is 1. The highest BCUT2D eigenvalue weighted by Crippen LogP contribution is 2.28. The van der Waals surface area contributed by atoms with Crippen molar-refractivity contribution in [3.05, 3.63) is 0 Å². The van der Waals surface area contributed by atoms with Gasteiger partial charge in [-0.3, -0.25) is 4.79 Å². The number of nitrogens with one attached hydrogen (secondary N) is 1. The van der Waals surface area contributed by atoms with Crippen molar-refractivity contribution >= 4 is 22.5 Å². The van der Waals surface area contributed by atoms with Crippen molar-refractivity contribution in [3.8, 4) is 0 Å². The average Bonchev–Trinajstić information content (AvgIpc) is 2.28. The molecule has 0 fully saturated rings. The molecule has 0 aliphatic carbocycles. The zero-order valence-corrected chi connectivity index (χ0v) is 17.4. The molecule has 1 unspecified atom stereocenters. The lowest BCUT2D eigenvalue weighted by molar-refractivity contribution is -0.135. The van der Waals surface area contributed by atoms with E-state index in [1.54, 1.807) is 0 Å². The number of carbonyl (C=O) groups is 1. The second kappa shape index (κ2) is 7.90. The summed E-state index contributed by atoms with van der Waals surface area (Å²) in [5.74, 6) is -0.0107. The van der Waals surface area contributed by atoms with Crippen molar-refractivity contribution in [2.75, 3.05) is 13.2 Å². The van der Waals surface area contributed by atoms with Crippen LogP contribution in [0.25, 0.3) is 0 Å². The van der Waals surface area contributed by atoms with Gasteiger partial charge < -0.3 is 14.2 Å². The first-order chi connectivity index (χ1) is 9.28. The Morgan fingerprint density at radius 1 is 1.10 bits per heavy atom. The Morgan fingerprint density at radius 2 is 1.62 bits per heavy atom. The van der Waals surface area contributed by atoms with Gasteiger partial charge in [-0.1, -0.05) is 20.8 Å². The Bertz CT molecular complexity index is 333. The molecule has 4 nitrogen and oxygen atoms in total. The molecule has 0 spiro atoms. The van der Waals surface area contributed by atoms with E-state index >= 15 is 0 Å². The van der Waals surface area contributed by atoms with Crippen molar-refractivity contribution in [3.63, 3.8) is 0 Å². The molecule has 0 rings (SSSR count). The fourth-order valence-electron chi connectivity index (χ4n) is 1.74. The molecule has 0 aromatic heterocycles. The monoisotopic (exact) mass is 333 g/mol. The van der Waals surface area contributed by atoms with Gasteiger partial charge in [0.15, 0.2) is 16.6 Å². The van der Waals surface area contributed by atoms with E-state index in [2.05, 4.69) is 58.4 Å². The Hall–Kier alpha value is -0.176. The number of hydrogen-bond acceptors (Lipinski definition) is 3. The van der Waals surface area contributed by atoms with E-state index < -0.39 is 22.7 Å². The third-order valence-electron chi connectivity index (χ3n) is 2.85. The predicted octanol–water partition coefficient (Wildman–Crippen LogP) is 3.61. The molecule has 126 valence electrons. The Kier molecular flexibility index (Phi) is 7.83. The highest BCUT2D eigenvalue weighted by atomic mass is 28.4. The normalized spacial score (nSPS) is 14.9. The van der Waals surface area contributed by atoms with Crippen LogP contribution in [0.15, 0.2) is 0 Å². The molecule has 0 bridgehead atoms. The summed E-state index contributed by atoms with van der Waals surface area (Å²) >= 11 is 0. The van der Waals surface area contributed by atoms with Crippen LogP contribution in [0.1, 0.15) is 27.2 Å². The molecular formula is C15H35NO3Si2. The van der Waals surface area contributed by atoms with E-state index in [9.17, 15) is 4.79 Å². The van der Waals surface area contributed by atoms with Crippen molar-refractivity contribution in [2.24, 2.45) is 5.41 Å². The highest BCUT2D eigenvalue weighted by molar-refractivity contribution is 6.70. The summed E-state index contributed by atoms with van der Waals surface area (Å²) in [6, 6.07) is 0. The summed E-state index contributed by atoms with van der Waals surface area (Å²) in [5, 5.41) is 2.97. The quantitative estimate of drug-likeness (QED) is 0.656. The molecule has 1 atom stereocenters. The number of carbonyl (C=O) groups excluding carboxylic acids is 1. The predicted molar refractivity (Wildman–Crippen MR) is 94.6 cm³/mol. The lowest BCUT2D eigenvalue weighted by atomic mass is 9.87. The van der Waals surface area contributed by atoms with Gasteiger partial charge in [-0.25, -0.2) is 0 Å². The van der Waals surface area contributed by atoms with E-state index in [4.69, 9.17) is 8.85 Å². The van der Waals surface area contributed by atoms with Crippen LogP contribution >= 0.6 is 0 Å². The lowest BCUT2D eigenvalue weighted by Crippen LogP contribution is -2.52. The summed E-state index contributed by atoms with van der Waals surface area (Å²) in [7, 11) is -3.42. The van der Waals surface area contributed by atoms with E-state index in [1.165, 1.54) is 0 Å². The van der Waals surface area contributed by atoms with Crippen LogP contribution in [0.4, 0.5) is 0 Å².